The number of rotatable bonds is 5. The van der Waals surface area contributed by atoms with Crippen LogP contribution < -0.4 is 14.6 Å². The Labute approximate surface area is 86.2 Å². The summed E-state index contributed by atoms with van der Waals surface area (Å²) in [5.74, 6) is 0.572. The van der Waals surface area contributed by atoms with E-state index in [0.717, 1.165) is 0 Å². The Hall–Kier alpha value is -0.910. The molecule has 0 aliphatic rings. The van der Waals surface area contributed by atoms with E-state index in [0.29, 0.717) is 12.3 Å². The first kappa shape index (κ1) is 11.2. The predicted octanol–water partition coefficient (Wildman–Crippen LogP) is 0.581. The Kier molecular flexibility index (Phi) is 4.58. The highest BCUT2D eigenvalue weighted by Crippen LogP contribution is 2.08. The van der Waals surface area contributed by atoms with Crippen molar-refractivity contribution in [2.45, 2.75) is 13.0 Å². The molecule has 1 aromatic carbocycles. The van der Waals surface area contributed by atoms with Crippen molar-refractivity contribution in [2.24, 2.45) is 5.73 Å². The third kappa shape index (κ3) is 3.87. The van der Waals surface area contributed by atoms with Gasteiger partial charge in [-0.2, -0.15) is 4.21 Å². The average molecular weight is 214 g/mol. The number of hydrogen-bond acceptors (Lipinski definition) is 3. The Bertz CT molecular complexity index is 292. The quantitative estimate of drug-likeness (QED) is 0.753. The van der Waals surface area contributed by atoms with E-state index in [4.69, 9.17) is 9.92 Å². The van der Waals surface area contributed by atoms with Crippen LogP contribution in [0.4, 0.5) is 0 Å². The van der Waals surface area contributed by atoms with Gasteiger partial charge in [-0.1, -0.05) is 18.2 Å². The molecule has 2 unspecified atom stereocenters. The van der Waals surface area contributed by atoms with E-state index in [1.165, 1.54) is 0 Å². The lowest BCUT2D eigenvalue weighted by Gasteiger charge is -2.10. The van der Waals surface area contributed by atoms with Crippen molar-refractivity contribution in [3.8, 4) is 5.75 Å². The predicted molar refractivity (Wildman–Crippen MR) is 56.9 cm³/mol. The first-order valence-corrected chi connectivity index (χ1v) is 5.41. The maximum absolute atomic E-state index is 11.3. The summed E-state index contributed by atoms with van der Waals surface area (Å²) in [5.41, 5.74) is 5.36. The van der Waals surface area contributed by atoms with E-state index in [2.05, 4.69) is 4.72 Å². The molecule has 0 heterocycles. The van der Waals surface area contributed by atoms with Gasteiger partial charge in [0.05, 0.1) is 0 Å². The molecule has 0 spiro atoms. The molecule has 3 N–H and O–H groups in total. The Morgan fingerprint density at radius 3 is 2.71 bits per heavy atom. The average Bonchev–Trinajstić information content (AvgIpc) is 2.19. The van der Waals surface area contributed by atoms with Crippen LogP contribution >= 0.6 is 0 Å². The lowest BCUT2D eigenvalue weighted by molar-refractivity contribution is 0.533. The molecule has 0 saturated heterocycles. The van der Waals surface area contributed by atoms with Gasteiger partial charge in [-0.05, 0) is 19.1 Å². The summed E-state index contributed by atoms with van der Waals surface area (Å²) in [6, 6.07) is 8.96. The number of nitrogens with one attached hydrogen (secondary N) is 1. The van der Waals surface area contributed by atoms with Crippen molar-refractivity contribution in [1.29, 1.82) is 0 Å². The number of para-hydroxylation sites is 1. The normalized spacial score (nSPS) is 14.7. The molecule has 14 heavy (non-hydrogen) atoms. The summed E-state index contributed by atoms with van der Waals surface area (Å²) in [7, 11) is 0. The van der Waals surface area contributed by atoms with Gasteiger partial charge in [-0.15, -0.1) is 0 Å². The molecular weight excluding hydrogens is 200 g/mol. The summed E-state index contributed by atoms with van der Waals surface area (Å²) >= 11 is -1.53. The number of hydrogen-bond donors (Lipinski definition) is 2. The summed E-state index contributed by atoms with van der Waals surface area (Å²) in [5, 5.41) is 0. The summed E-state index contributed by atoms with van der Waals surface area (Å²) in [6.45, 7) is 2.26. The number of benzene rings is 1. The van der Waals surface area contributed by atoms with Crippen LogP contribution in [0.1, 0.15) is 6.92 Å². The highest BCUT2D eigenvalue weighted by molar-refractivity contribution is 7.78. The molecule has 0 aliphatic heterocycles. The molecular formula is C9H14N2O2S. The van der Waals surface area contributed by atoms with Gasteiger partial charge in [0.1, 0.15) is 5.75 Å². The molecule has 5 heteroatoms. The summed E-state index contributed by atoms with van der Waals surface area (Å²) < 4.78 is 19.1. The SMILES string of the molecule is CC(CN)NS(=O)Oc1ccccc1. The zero-order valence-corrected chi connectivity index (χ0v) is 8.79. The zero-order chi connectivity index (χ0) is 10.4. The molecule has 2 atom stereocenters. The molecule has 0 bridgehead atoms. The van der Waals surface area contributed by atoms with E-state index in [-0.39, 0.29) is 6.04 Å². The Morgan fingerprint density at radius 1 is 1.50 bits per heavy atom. The van der Waals surface area contributed by atoms with E-state index in [1.54, 1.807) is 12.1 Å². The van der Waals surface area contributed by atoms with Crippen molar-refractivity contribution in [3.63, 3.8) is 0 Å². The highest BCUT2D eigenvalue weighted by Gasteiger charge is 2.05. The Balaban J connectivity index is 2.42. The number of nitrogens with two attached hydrogens (primary N) is 1. The third-order valence-electron chi connectivity index (χ3n) is 1.57. The van der Waals surface area contributed by atoms with Crippen molar-refractivity contribution < 1.29 is 8.39 Å². The van der Waals surface area contributed by atoms with Gasteiger partial charge >= 0.3 is 0 Å². The van der Waals surface area contributed by atoms with E-state index in [9.17, 15) is 4.21 Å². The van der Waals surface area contributed by atoms with E-state index >= 15 is 0 Å². The van der Waals surface area contributed by atoms with Crippen LogP contribution in [0.2, 0.25) is 0 Å². The van der Waals surface area contributed by atoms with E-state index < -0.39 is 11.3 Å². The van der Waals surface area contributed by atoms with Crippen LogP contribution in [0.5, 0.6) is 5.75 Å². The summed E-state index contributed by atoms with van der Waals surface area (Å²) in [4.78, 5) is 0. The molecule has 0 radical (unpaired) electrons. The van der Waals surface area contributed by atoms with E-state index in [1.807, 2.05) is 25.1 Å². The lowest BCUT2D eigenvalue weighted by atomic mass is 10.3. The minimum atomic E-state index is -1.53. The van der Waals surface area contributed by atoms with Gasteiger partial charge in [0.2, 0.25) is 0 Å². The van der Waals surface area contributed by atoms with Crippen molar-refractivity contribution in [1.82, 2.24) is 4.72 Å². The van der Waals surface area contributed by atoms with Gasteiger partial charge in [0, 0.05) is 12.6 Å². The second-order valence-electron chi connectivity index (χ2n) is 2.89. The largest absolute Gasteiger partial charge is 0.389 e. The second-order valence-corrected chi connectivity index (χ2v) is 3.76. The summed E-state index contributed by atoms with van der Waals surface area (Å²) in [6.07, 6.45) is 0. The van der Waals surface area contributed by atoms with Crippen LogP contribution in [-0.2, 0) is 11.3 Å². The Morgan fingerprint density at radius 2 is 2.14 bits per heavy atom. The topological polar surface area (TPSA) is 64.3 Å². The van der Waals surface area contributed by atoms with Gasteiger partial charge < -0.3 is 9.92 Å². The van der Waals surface area contributed by atoms with Crippen LogP contribution in [0.15, 0.2) is 30.3 Å². The molecule has 0 aliphatic carbocycles. The lowest BCUT2D eigenvalue weighted by Crippen LogP contribution is -2.36. The second kappa shape index (κ2) is 5.74. The van der Waals surface area contributed by atoms with Crippen LogP contribution in [-0.4, -0.2) is 16.8 Å². The molecule has 4 nitrogen and oxygen atoms in total. The van der Waals surface area contributed by atoms with Gasteiger partial charge in [0.15, 0.2) is 0 Å². The smallest absolute Gasteiger partial charge is 0.288 e. The standard InChI is InChI=1S/C9H14N2O2S/c1-8(7-10)11-14(12)13-9-5-3-2-4-6-9/h2-6,8,11H,7,10H2,1H3. The van der Waals surface area contributed by atoms with Crippen LogP contribution in [0, 0.1) is 0 Å². The van der Waals surface area contributed by atoms with Crippen molar-refractivity contribution in [3.05, 3.63) is 30.3 Å². The third-order valence-corrected chi connectivity index (χ3v) is 2.50. The van der Waals surface area contributed by atoms with Crippen molar-refractivity contribution in [2.75, 3.05) is 6.54 Å². The molecule has 1 aromatic rings. The van der Waals surface area contributed by atoms with Crippen molar-refractivity contribution >= 4 is 11.3 Å². The van der Waals surface area contributed by atoms with Gasteiger partial charge in [0.25, 0.3) is 11.3 Å². The zero-order valence-electron chi connectivity index (χ0n) is 7.97. The molecule has 0 amide bonds. The fourth-order valence-electron chi connectivity index (χ4n) is 0.800. The van der Waals surface area contributed by atoms with Gasteiger partial charge in [-0.25, -0.2) is 4.72 Å². The molecule has 0 saturated carbocycles. The minimum absolute atomic E-state index is 0.0282. The molecule has 0 fully saturated rings. The minimum Gasteiger partial charge on any atom is -0.389 e. The first-order chi connectivity index (χ1) is 6.72. The first-order valence-electron chi connectivity index (χ1n) is 4.33. The monoisotopic (exact) mass is 214 g/mol. The van der Waals surface area contributed by atoms with Crippen LogP contribution in [0.3, 0.4) is 0 Å². The molecule has 1 rings (SSSR count). The fraction of sp³-hybridized carbons (Fsp3) is 0.333. The van der Waals surface area contributed by atoms with Crippen LogP contribution in [0.25, 0.3) is 0 Å². The molecule has 78 valence electrons. The highest BCUT2D eigenvalue weighted by atomic mass is 32.2. The maximum Gasteiger partial charge on any atom is 0.288 e. The fourth-order valence-corrected chi connectivity index (χ4v) is 1.56. The maximum atomic E-state index is 11.3. The molecule has 0 aromatic heterocycles. The van der Waals surface area contributed by atoms with Gasteiger partial charge in [-0.3, -0.25) is 0 Å².